The highest BCUT2D eigenvalue weighted by Gasteiger charge is 2.54. The Hall–Kier alpha value is -1.65. The summed E-state index contributed by atoms with van der Waals surface area (Å²) in [6, 6.07) is 0. The minimum absolute atomic E-state index is 0.171. The third-order valence-electron chi connectivity index (χ3n) is 7.36. The molecule has 0 saturated carbocycles. The Morgan fingerprint density at radius 3 is 2.54 bits per heavy atom. The number of epoxide rings is 1. The Morgan fingerprint density at radius 2 is 1.91 bits per heavy atom. The Balaban J connectivity index is 1.85. The van der Waals surface area contributed by atoms with Crippen LogP contribution in [0.3, 0.4) is 0 Å². The van der Waals surface area contributed by atoms with Gasteiger partial charge in [-0.05, 0) is 32.4 Å². The highest BCUT2D eigenvalue weighted by Crippen LogP contribution is 2.41. The standard InChI is InChI=1S/C26H39NO7S/c1-14(8-18-12-35-17(4)27-18)19-9-21-26(7,34-21)13-32-11-15(2)23(30)16(3)24(31)25(5,6)20(28)10-22(29)33-19/h8,12,15-16,19-21,23,28,30H,9-11,13H2,1-7H3/b14-8+/t15-,16+,19-,20-,21-,23-,26+/m0/s1. The van der Waals surface area contributed by atoms with E-state index in [1.807, 2.05) is 39.2 Å². The number of hydrogen-bond donors (Lipinski definition) is 2. The van der Waals surface area contributed by atoms with Gasteiger partial charge in [0.05, 0.1) is 54.1 Å². The first-order chi connectivity index (χ1) is 16.2. The number of aromatic nitrogens is 1. The van der Waals surface area contributed by atoms with E-state index in [1.54, 1.807) is 32.1 Å². The number of aliphatic hydroxyl groups is 2. The maximum absolute atomic E-state index is 13.2. The molecule has 0 amide bonds. The van der Waals surface area contributed by atoms with E-state index in [2.05, 4.69) is 4.98 Å². The molecule has 1 aromatic rings. The molecule has 35 heavy (non-hydrogen) atoms. The third kappa shape index (κ3) is 6.57. The Bertz CT molecular complexity index is 957. The lowest BCUT2D eigenvalue weighted by Gasteiger charge is -2.34. The molecule has 2 aliphatic heterocycles. The van der Waals surface area contributed by atoms with Crippen molar-refractivity contribution in [2.75, 3.05) is 13.2 Å². The monoisotopic (exact) mass is 509 g/mol. The van der Waals surface area contributed by atoms with Crippen LogP contribution in [0, 0.1) is 24.2 Å². The van der Waals surface area contributed by atoms with Gasteiger partial charge in [0.2, 0.25) is 0 Å². The number of ketones is 1. The number of thiazole rings is 1. The molecule has 196 valence electrons. The average molecular weight is 510 g/mol. The number of aliphatic hydroxyl groups excluding tert-OH is 2. The Morgan fingerprint density at radius 1 is 1.23 bits per heavy atom. The van der Waals surface area contributed by atoms with Crippen LogP contribution in [0.1, 0.15) is 65.1 Å². The largest absolute Gasteiger partial charge is 0.458 e. The van der Waals surface area contributed by atoms with Crippen LogP contribution in [0.15, 0.2) is 11.0 Å². The van der Waals surface area contributed by atoms with E-state index in [0.717, 1.165) is 16.3 Å². The van der Waals surface area contributed by atoms with Gasteiger partial charge in [-0.25, -0.2) is 4.98 Å². The number of carbonyl (C=O) groups is 2. The lowest BCUT2D eigenvalue weighted by molar-refractivity contribution is -0.154. The molecule has 2 aliphatic rings. The van der Waals surface area contributed by atoms with Crippen LogP contribution in [0.4, 0.5) is 0 Å². The summed E-state index contributed by atoms with van der Waals surface area (Å²) in [6.07, 6.45) is -0.947. The first-order valence-corrected chi connectivity index (χ1v) is 13.1. The summed E-state index contributed by atoms with van der Waals surface area (Å²) in [4.78, 5) is 30.5. The number of Topliss-reactive ketones (excluding diaryl/α,β-unsaturated/α-hetero) is 1. The van der Waals surface area contributed by atoms with Gasteiger partial charge in [0.1, 0.15) is 17.5 Å². The van der Waals surface area contributed by atoms with Gasteiger partial charge in [0, 0.05) is 23.6 Å². The average Bonchev–Trinajstić information content (AvgIpc) is 3.22. The topological polar surface area (TPSA) is 118 Å². The molecule has 9 heteroatoms. The number of carbonyl (C=O) groups excluding carboxylic acids is 2. The quantitative estimate of drug-likeness (QED) is 0.460. The number of ether oxygens (including phenoxy) is 3. The van der Waals surface area contributed by atoms with E-state index in [-0.39, 0.29) is 30.8 Å². The predicted molar refractivity (Wildman–Crippen MR) is 133 cm³/mol. The fourth-order valence-electron chi connectivity index (χ4n) is 4.57. The van der Waals surface area contributed by atoms with Crippen molar-refractivity contribution in [3.8, 4) is 0 Å². The fraction of sp³-hybridized carbons (Fsp3) is 0.731. The second kappa shape index (κ2) is 10.8. The third-order valence-corrected chi connectivity index (χ3v) is 8.16. The van der Waals surface area contributed by atoms with Gasteiger partial charge >= 0.3 is 5.97 Å². The molecule has 3 rings (SSSR count). The molecule has 0 unspecified atom stereocenters. The molecular weight excluding hydrogens is 470 g/mol. The van der Waals surface area contributed by atoms with Crippen molar-refractivity contribution < 1.29 is 34.0 Å². The minimum atomic E-state index is -1.26. The molecule has 3 heterocycles. The SMILES string of the molecule is C/C(=C\c1csc(C)n1)[C@@H]1C[C@@H]2O[C@]2(C)COC[C@H](C)[C@H](O)[C@@H](C)C(=O)C(C)(C)[C@@H](O)CC(=O)O1. The summed E-state index contributed by atoms with van der Waals surface area (Å²) >= 11 is 1.54. The lowest BCUT2D eigenvalue weighted by atomic mass is 9.73. The van der Waals surface area contributed by atoms with Crippen LogP contribution in [0.5, 0.6) is 0 Å². The van der Waals surface area contributed by atoms with E-state index in [1.165, 1.54) is 0 Å². The molecule has 0 aromatic carbocycles. The normalized spacial score (nSPS) is 37.5. The van der Waals surface area contributed by atoms with Gasteiger partial charge in [-0.1, -0.05) is 27.7 Å². The van der Waals surface area contributed by atoms with Gasteiger partial charge in [-0.3, -0.25) is 9.59 Å². The summed E-state index contributed by atoms with van der Waals surface area (Å²) in [5.74, 6) is -1.94. The van der Waals surface area contributed by atoms with E-state index in [9.17, 15) is 19.8 Å². The number of aryl methyl sites for hydroxylation is 1. The molecule has 8 nitrogen and oxygen atoms in total. The number of esters is 1. The van der Waals surface area contributed by atoms with E-state index in [4.69, 9.17) is 14.2 Å². The second-order valence-corrected chi connectivity index (χ2v) is 12.0. The van der Waals surface area contributed by atoms with Crippen LogP contribution in [-0.4, -0.2) is 70.2 Å². The lowest BCUT2D eigenvalue weighted by Crippen LogP contribution is -2.46. The summed E-state index contributed by atoms with van der Waals surface area (Å²) in [5.41, 5.74) is -0.149. The zero-order valence-electron chi connectivity index (χ0n) is 21.7. The fourth-order valence-corrected chi connectivity index (χ4v) is 5.14. The van der Waals surface area contributed by atoms with Gasteiger partial charge in [0.25, 0.3) is 0 Å². The molecule has 0 radical (unpaired) electrons. The zero-order chi connectivity index (χ0) is 26.1. The summed E-state index contributed by atoms with van der Waals surface area (Å²) in [5, 5.41) is 24.5. The van der Waals surface area contributed by atoms with Gasteiger partial charge in [0.15, 0.2) is 0 Å². The maximum atomic E-state index is 13.2. The Kier molecular flexibility index (Phi) is 8.59. The molecule has 7 atom stereocenters. The van der Waals surface area contributed by atoms with E-state index in [0.29, 0.717) is 13.0 Å². The molecule has 0 bridgehead atoms. The number of nitrogens with zero attached hydrogens (tertiary/aromatic N) is 1. The van der Waals surface area contributed by atoms with Gasteiger partial charge in [-0.2, -0.15) is 0 Å². The molecule has 0 aliphatic carbocycles. The predicted octanol–water partition coefficient (Wildman–Crippen LogP) is 3.32. The number of fused-ring (bicyclic) bond motifs is 1. The maximum Gasteiger partial charge on any atom is 0.309 e. The van der Waals surface area contributed by atoms with Crippen LogP contribution < -0.4 is 0 Å². The van der Waals surface area contributed by atoms with Crippen molar-refractivity contribution >= 4 is 29.2 Å². The summed E-state index contributed by atoms with van der Waals surface area (Å²) in [6.45, 7) is 13.0. The van der Waals surface area contributed by atoms with Crippen LogP contribution >= 0.6 is 11.3 Å². The van der Waals surface area contributed by atoms with E-state index < -0.39 is 41.2 Å². The molecule has 2 saturated heterocycles. The van der Waals surface area contributed by atoms with Crippen LogP contribution in [0.2, 0.25) is 0 Å². The van der Waals surface area contributed by atoms with Crippen molar-refractivity contribution in [2.45, 2.75) is 91.3 Å². The van der Waals surface area contributed by atoms with Crippen molar-refractivity contribution in [3.05, 3.63) is 21.7 Å². The molecule has 0 spiro atoms. The first-order valence-electron chi connectivity index (χ1n) is 12.2. The van der Waals surface area contributed by atoms with Crippen LogP contribution in [-0.2, 0) is 23.8 Å². The van der Waals surface area contributed by atoms with Gasteiger partial charge in [-0.15, -0.1) is 11.3 Å². The first kappa shape index (κ1) is 27.9. The number of hydrogen-bond acceptors (Lipinski definition) is 9. The highest BCUT2D eigenvalue weighted by molar-refractivity contribution is 7.09. The summed E-state index contributed by atoms with van der Waals surface area (Å²) < 4.78 is 17.6. The highest BCUT2D eigenvalue weighted by atomic mass is 32.1. The van der Waals surface area contributed by atoms with E-state index >= 15 is 0 Å². The second-order valence-electron chi connectivity index (χ2n) is 10.9. The van der Waals surface area contributed by atoms with Crippen molar-refractivity contribution in [1.29, 1.82) is 0 Å². The molecule has 2 N–H and O–H groups in total. The van der Waals surface area contributed by atoms with Crippen molar-refractivity contribution in [3.63, 3.8) is 0 Å². The van der Waals surface area contributed by atoms with Crippen molar-refractivity contribution in [1.82, 2.24) is 4.98 Å². The van der Waals surface area contributed by atoms with Gasteiger partial charge < -0.3 is 24.4 Å². The minimum Gasteiger partial charge on any atom is -0.458 e. The number of rotatable bonds is 2. The smallest absolute Gasteiger partial charge is 0.309 e. The van der Waals surface area contributed by atoms with Crippen molar-refractivity contribution in [2.24, 2.45) is 17.3 Å². The zero-order valence-corrected chi connectivity index (χ0v) is 22.6. The number of cyclic esters (lactones) is 1. The Labute approximate surface area is 211 Å². The molecule has 1 aromatic heterocycles. The molecule has 2 fully saturated rings. The summed E-state index contributed by atoms with van der Waals surface area (Å²) in [7, 11) is 0. The van der Waals surface area contributed by atoms with Crippen LogP contribution in [0.25, 0.3) is 6.08 Å². The molecular formula is C26H39NO7S.